The van der Waals surface area contributed by atoms with Crippen LogP contribution in [0.15, 0.2) is 0 Å². The first kappa shape index (κ1) is 17.0. The molecule has 0 radical (unpaired) electrons. The van der Waals surface area contributed by atoms with Crippen molar-refractivity contribution in [1.82, 2.24) is 5.32 Å². The maximum atomic E-state index is 3.73. The lowest BCUT2D eigenvalue weighted by molar-refractivity contribution is 0.0889. The van der Waals surface area contributed by atoms with Crippen LogP contribution in [0.2, 0.25) is 0 Å². The van der Waals surface area contributed by atoms with E-state index in [-0.39, 0.29) is 5.54 Å². The number of rotatable bonds is 4. The van der Waals surface area contributed by atoms with Crippen LogP contribution in [0.5, 0.6) is 0 Å². The average Bonchev–Trinajstić information content (AvgIpc) is 2.25. The van der Waals surface area contributed by atoms with Gasteiger partial charge in [0.15, 0.2) is 0 Å². The molecule has 1 N–H and O–H groups in total. The predicted octanol–water partition coefficient (Wildman–Crippen LogP) is 5.25. The van der Waals surface area contributed by atoms with Gasteiger partial charge in [-0.15, -0.1) is 0 Å². The summed E-state index contributed by atoms with van der Waals surface area (Å²) in [5.74, 6) is 2.77. The standard InChI is InChI=1S/C18H37N/c1-8-9-14-12-16(17(2,3)4)11-10-15(14)13-19-18(5,6)7/h14-16,19H,8-13H2,1-7H3. The van der Waals surface area contributed by atoms with Gasteiger partial charge < -0.3 is 5.32 Å². The minimum absolute atomic E-state index is 0.262. The molecule has 0 aliphatic heterocycles. The summed E-state index contributed by atoms with van der Waals surface area (Å²) < 4.78 is 0. The van der Waals surface area contributed by atoms with E-state index in [0.717, 1.165) is 17.8 Å². The molecular formula is C18H37N. The largest absolute Gasteiger partial charge is 0.312 e. The fourth-order valence-electron chi connectivity index (χ4n) is 3.54. The average molecular weight is 268 g/mol. The van der Waals surface area contributed by atoms with Crippen LogP contribution < -0.4 is 5.32 Å². The molecule has 3 atom stereocenters. The summed E-state index contributed by atoms with van der Waals surface area (Å²) in [6.07, 6.45) is 7.07. The Morgan fingerprint density at radius 1 is 0.947 bits per heavy atom. The van der Waals surface area contributed by atoms with Crippen molar-refractivity contribution in [2.75, 3.05) is 6.54 Å². The van der Waals surface area contributed by atoms with Crippen molar-refractivity contribution in [3.8, 4) is 0 Å². The first-order chi connectivity index (χ1) is 8.63. The second-order valence-electron chi connectivity index (χ2n) is 8.82. The van der Waals surface area contributed by atoms with Crippen LogP contribution in [0.1, 0.15) is 80.6 Å². The lowest BCUT2D eigenvalue weighted by atomic mass is 9.64. The molecule has 0 bridgehead atoms. The number of hydrogen-bond donors (Lipinski definition) is 1. The third kappa shape index (κ3) is 5.85. The first-order valence-corrected chi connectivity index (χ1v) is 8.38. The SMILES string of the molecule is CCCC1CC(C(C)(C)C)CCC1CNC(C)(C)C. The lowest BCUT2D eigenvalue weighted by Crippen LogP contribution is -2.43. The number of nitrogens with one attached hydrogen (secondary N) is 1. The molecule has 0 aromatic rings. The van der Waals surface area contributed by atoms with Gasteiger partial charge in [0.2, 0.25) is 0 Å². The fourth-order valence-corrected chi connectivity index (χ4v) is 3.54. The van der Waals surface area contributed by atoms with Gasteiger partial charge in [-0.1, -0.05) is 40.5 Å². The normalized spacial score (nSPS) is 29.5. The third-order valence-electron chi connectivity index (χ3n) is 4.92. The molecule has 1 fully saturated rings. The Morgan fingerprint density at radius 2 is 1.58 bits per heavy atom. The Kier molecular flexibility index (Phi) is 5.92. The maximum absolute atomic E-state index is 3.73. The smallest absolute Gasteiger partial charge is 0.00966 e. The topological polar surface area (TPSA) is 12.0 Å². The Hall–Kier alpha value is -0.0400. The zero-order valence-corrected chi connectivity index (χ0v) is 14.5. The Balaban J connectivity index is 2.58. The predicted molar refractivity (Wildman–Crippen MR) is 86.4 cm³/mol. The zero-order chi connectivity index (χ0) is 14.7. The van der Waals surface area contributed by atoms with E-state index in [2.05, 4.69) is 53.8 Å². The molecule has 1 aliphatic rings. The van der Waals surface area contributed by atoms with Crippen molar-refractivity contribution < 1.29 is 0 Å². The van der Waals surface area contributed by atoms with Gasteiger partial charge in [0, 0.05) is 5.54 Å². The van der Waals surface area contributed by atoms with Crippen molar-refractivity contribution in [3.05, 3.63) is 0 Å². The Morgan fingerprint density at radius 3 is 2.05 bits per heavy atom. The van der Waals surface area contributed by atoms with Crippen molar-refractivity contribution in [3.63, 3.8) is 0 Å². The third-order valence-corrected chi connectivity index (χ3v) is 4.92. The first-order valence-electron chi connectivity index (χ1n) is 8.38. The van der Waals surface area contributed by atoms with Gasteiger partial charge in [0.05, 0.1) is 0 Å². The highest BCUT2D eigenvalue weighted by Gasteiger charge is 2.35. The van der Waals surface area contributed by atoms with Gasteiger partial charge in [-0.3, -0.25) is 0 Å². The Labute approximate surface area is 121 Å². The molecule has 0 heterocycles. The molecule has 1 aliphatic carbocycles. The molecule has 0 aromatic heterocycles. The summed E-state index contributed by atoms with van der Waals surface area (Å²) in [5.41, 5.74) is 0.756. The molecular weight excluding hydrogens is 230 g/mol. The summed E-state index contributed by atoms with van der Waals surface area (Å²) in [5, 5.41) is 3.73. The quantitative estimate of drug-likeness (QED) is 0.733. The molecule has 0 saturated heterocycles. The molecule has 1 heteroatoms. The van der Waals surface area contributed by atoms with Crippen LogP contribution >= 0.6 is 0 Å². The van der Waals surface area contributed by atoms with Crippen LogP contribution in [0.4, 0.5) is 0 Å². The molecule has 1 saturated carbocycles. The second kappa shape index (κ2) is 6.61. The van der Waals surface area contributed by atoms with Crippen molar-refractivity contribution in [2.45, 2.75) is 86.1 Å². The zero-order valence-electron chi connectivity index (χ0n) is 14.5. The molecule has 19 heavy (non-hydrogen) atoms. The molecule has 3 unspecified atom stereocenters. The van der Waals surface area contributed by atoms with Crippen LogP contribution in [0.3, 0.4) is 0 Å². The van der Waals surface area contributed by atoms with Gasteiger partial charge in [0.25, 0.3) is 0 Å². The van der Waals surface area contributed by atoms with Gasteiger partial charge in [0.1, 0.15) is 0 Å². The molecule has 1 nitrogen and oxygen atoms in total. The highest BCUT2D eigenvalue weighted by Crippen LogP contribution is 2.44. The highest BCUT2D eigenvalue weighted by molar-refractivity contribution is 4.87. The molecule has 0 amide bonds. The molecule has 0 aromatic carbocycles. The minimum Gasteiger partial charge on any atom is -0.312 e. The van der Waals surface area contributed by atoms with E-state index >= 15 is 0 Å². The second-order valence-corrected chi connectivity index (χ2v) is 8.82. The molecule has 114 valence electrons. The summed E-state index contributed by atoms with van der Waals surface area (Å²) in [6, 6.07) is 0. The van der Waals surface area contributed by atoms with E-state index < -0.39 is 0 Å². The van der Waals surface area contributed by atoms with Crippen molar-refractivity contribution >= 4 is 0 Å². The maximum Gasteiger partial charge on any atom is 0.00966 e. The number of hydrogen-bond acceptors (Lipinski definition) is 1. The van der Waals surface area contributed by atoms with E-state index in [9.17, 15) is 0 Å². The monoisotopic (exact) mass is 267 g/mol. The van der Waals surface area contributed by atoms with Crippen LogP contribution in [-0.2, 0) is 0 Å². The Bertz CT molecular complexity index is 256. The van der Waals surface area contributed by atoms with Crippen molar-refractivity contribution in [1.29, 1.82) is 0 Å². The summed E-state index contributed by atoms with van der Waals surface area (Å²) >= 11 is 0. The molecule has 0 spiro atoms. The lowest BCUT2D eigenvalue weighted by Gasteiger charge is -2.43. The summed E-state index contributed by atoms with van der Waals surface area (Å²) in [4.78, 5) is 0. The van der Waals surface area contributed by atoms with Crippen LogP contribution in [0, 0.1) is 23.2 Å². The minimum atomic E-state index is 0.262. The van der Waals surface area contributed by atoms with Crippen LogP contribution in [-0.4, -0.2) is 12.1 Å². The summed E-state index contributed by atoms with van der Waals surface area (Å²) in [6.45, 7) is 17.7. The molecule has 1 rings (SSSR count). The van der Waals surface area contributed by atoms with Crippen LogP contribution in [0.25, 0.3) is 0 Å². The van der Waals surface area contributed by atoms with E-state index in [1.807, 2.05) is 0 Å². The van der Waals surface area contributed by atoms with E-state index in [0.29, 0.717) is 5.41 Å². The van der Waals surface area contributed by atoms with Crippen molar-refractivity contribution in [2.24, 2.45) is 23.2 Å². The van der Waals surface area contributed by atoms with E-state index in [4.69, 9.17) is 0 Å². The van der Waals surface area contributed by atoms with E-state index in [1.54, 1.807) is 0 Å². The van der Waals surface area contributed by atoms with Gasteiger partial charge >= 0.3 is 0 Å². The fraction of sp³-hybridized carbons (Fsp3) is 1.00. The van der Waals surface area contributed by atoms with Gasteiger partial charge in [-0.05, 0) is 69.7 Å². The summed E-state index contributed by atoms with van der Waals surface area (Å²) in [7, 11) is 0. The van der Waals surface area contributed by atoms with Gasteiger partial charge in [-0.2, -0.15) is 0 Å². The highest BCUT2D eigenvalue weighted by atomic mass is 14.9. The van der Waals surface area contributed by atoms with E-state index in [1.165, 1.54) is 38.6 Å². The van der Waals surface area contributed by atoms with Gasteiger partial charge in [-0.25, -0.2) is 0 Å².